The maximum atomic E-state index is 6.13. The third-order valence-electron chi connectivity index (χ3n) is 7.72. The van der Waals surface area contributed by atoms with E-state index in [0.29, 0.717) is 25.8 Å². The van der Waals surface area contributed by atoms with Crippen molar-refractivity contribution < 1.29 is 14.2 Å². The SMILES string of the molecule is CN=CC(=CN)c1ccc(CNc2cc(-c3cnc4cc(OCCN5CCO[C@@H]6COCC[C@@H]65)ccn34)ncn2)cc1. The molecule has 11 heteroatoms. The van der Waals surface area contributed by atoms with Crippen molar-refractivity contribution in [3.05, 3.63) is 78.5 Å². The average molecular weight is 569 g/mol. The Morgan fingerprint density at radius 3 is 2.93 bits per heavy atom. The van der Waals surface area contributed by atoms with Gasteiger partial charge in [0.2, 0.25) is 0 Å². The molecule has 0 bridgehead atoms. The second kappa shape index (κ2) is 13.1. The van der Waals surface area contributed by atoms with Crippen LogP contribution in [0.1, 0.15) is 17.5 Å². The third kappa shape index (κ3) is 6.28. The molecule has 218 valence electrons. The first kappa shape index (κ1) is 27.8. The zero-order valence-electron chi connectivity index (χ0n) is 23.7. The number of allylic oxidation sites excluding steroid dienone is 1. The lowest BCUT2D eigenvalue weighted by atomic mass is 10.0. The Morgan fingerprint density at radius 2 is 2.07 bits per heavy atom. The van der Waals surface area contributed by atoms with Gasteiger partial charge in [-0.25, -0.2) is 15.0 Å². The zero-order chi connectivity index (χ0) is 28.7. The Morgan fingerprint density at radius 1 is 1.17 bits per heavy atom. The highest BCUT2D eigenvalue weighted by atomic mass is 16.5. The fourth-order valence-electron chi connectivity index (χ4n) is 5.52. The number of nitrogens with one attached hydrogen (secondary N) is 1. The maximum absolute atomic E-state index is 6.13. The number of pyridine rings is 1. The average Bonchev–Trinajstić information content (AvgIpc) is 3.47. The molecule has 3 N–H and O–H groups in total. The van der Waals surface area contributed by atoms with Crippen LogP contribution in [0.2, 0.25) is 0 Å². The van der Waals surface area contributed by atoms with Crippen LogP contribution < -0.4 is 15.8 Å². The highest BCUT2D eigenvalue weighted by Gasteiger charge is 2.34. The first-order valence-corrected chi connectivity index (χ1v) is 14.2. The molecule has 2 atom stereocenters. The highest BCUT2D eigenvalue weighted by Crippen LogP contribution is 2.24. The van der Waals surface area contributed by atoms with E-state index in [-0.39, 0.29) is 6.10 Å². The number of imidazole rings is 1. The molecule has 3 aromatic heterocycles. The lowest BCUT2D eigenvalue weighted by molar-refractivity contribution is -0.136. The van der Waals surface area contributed by atoms with Crippen molar-refractivity contribution >= 4 is 23.3 Å². The monoisotopic (exact) mass is 568 g/mol. The maximum Gasteiger partial charge on any atom is 0.140 e. The summed E-state index contributed by atoms with van der Waals surface area (Å²) in [5, 5.41) is 3.39. The van der Waals surface area contributed by atoms with Gasteiger partial charge >= 0.3 is 0 Å². The third-order valence-corrected chi connectivity index (χ3v) is 7.72. The summed E-state index contributed by atoms with van der Waals surface area (Å²) < 4.78 is 19.6. The van der Waals surface area contributed by atoms with Crippen molar-refractivity contribution in [2.45, 2.75) is 25.1 Å². The molecular formula is C31H36N8O3. The number of hydrogen-bond donors (Lipinski definition) is 2. The quantitative estimate of drug-likeness (QED) is 0.277. The molecule has 0 spiro atoms. The number of ether oxygens (including phenoxy) is 3. The molecule has 2 aliphatic rings. The van der Waals surface area contributed by atoms with E-state index in [4.69, 9.17) is 19.9 Å². The molecule has 1 aromatic carbocycles. The molecule has 0 saturated carbocycles. The van der Waals surface area contributed by atoms with Crippen LogP contribution in [0.25, 0.3) is 22.6 Å². The van der Waals surface area contributed by atoms with Gasteiger partial charge in [0, 0.05) is 75.6 Å². The smallest absolute Gasteiger partial charge is 0.140 e. The minimum atomic E-state index is 0.171. The van der Waals surface area contributed by atoms with Gasteiger partial charge in [-0.05, 0) is 23.6 Å². The Hall–Kier alpha value is -4.32. The van der Waals surface area contributed by atoms with E-state index in [9.17, 15) is 0 Å². The standard InChI is InChI=1S/C31H36N8O3/c1-33-18-24(16-32)23-4-2-22(3-5-23)17-34-30-15-26(36-21-37-30)28-19-35-31-14-25(6-8-39(28)31)41-12-9-38-10-13-42-29-20-40-11-7-27(29)38/h2-6,8,14-16,18-19,21,27,29H,7,9-13,17,20,32H2,1H3,(H,34,36,37)/t27-,29+/m0/s1. The predicted molar refractivity (Wildman–Crippen MR) is 163 cm³/mol. The van der Waals surface area contributed by atoms with Gasteiger partial charge in [-0.2, -0.15) is 0 Å². The van der Waals surface area contributed by atoms with Crippen molar-refractivity contribution in [1.29, 1.82) is 0 Å². The van der Waals surface area contributed by atoms with Gasteiger partial charge < -0.3 is 25.3 Å². The highest BCUT2D eigenvalue weighted by molar-refractivity contribution is 6.09. The van der Waals surface area contributed by atoms with Crippen LogP contribution in [0, 0.1) is 0 Å². The number of anilines is 1. The summed E-state index contributed by atoms with van der Waals surface area (Å²) in [6, 6.07) is 14.5. The molecule has 6 rings (SSSR count). The molecule has 0 unspecified atom stereocenters. The van der Waals surface area contributed by atoms with Gasteiger partial charge in [0.25, 0.3) is 0 Å². The molecule has 42 heavy (non-hydrogen) atoms. The van der Waals surface area contributed by atoms with Crippen LogP contribution in [0.4, 0.5) is 5.82 Å². The number of rotatable bonds is 10. The normalized spacial score (nSPS) is 19.7. The minimum absolute atomic E-state index is 0.171. The number of fused-ring (bicyclic) bond motifs is 2. The number of aromatic nitrogens is 4. The van der Waals surface area contributed by atoms with Crippen molar-refractivity contribution in [3.63, 3.8) is 0 Å². The van der Waals surface area contributed by atoms with Gasteiger partial charge in [0.05, 0.1) is 36.9 Å². The summed E-state index contributed by atoms with van der Waals surface area (Å²) in [4.78, 5) is 20.0. The fraction of sp³-hybridized carbons (Fsp3) is 0.355. The van der Waals surface area contributed by atoms with Gasteiger partial charge in [-0.3, -0.25) is 14.3 Å². The van der Waals surface area contributed by atoms with Crippen molar-refractivity contribution in [3.8, 4) is 17.1 Å². The van der Waals surface area contributed by atoms with Crippen LogP contribution in [-0.4, -0.2) is 89.2 Å². The molecule has 2 aliphatic heterocycles. The predicted octanol–water partition coefficient (Wildman–Crippen LogP) is 3.27. The molecule has 2 saturated heterocycles. The second-order valence-corrected chi connectivity index (χ2v) is 10.3. The van der Waals surface area contributed by atoms with Crippen molar-refractivity contribution in [2.24, 2.45) is 10.7 Å². The number of morpholine rings is 1. The van der Waals surface area contributed by atoms with E-state index in [2.05, 4.69) is 42.3 Å². The molecule has 0 amide bonds. The van der Waals surface area contributed by atoms with Crippen LogP contribution in [-0.2, 0) is 16.0 Å². The van der Waals surface area contributed by atoms with E-state index in [1.54, 1.807) is 25.8 Å². The Kier molecular flexibility index (Phi) is 8.69. The number of nitrogens with two attached hydrogens (primary N) is 1. The van der Waals surface area contributed by atoms with E-state index < -0.39 is 0 Å². The van der Waals surface area contributed by atoms with E-state index >= 15 is 0 Å². The van der Waals surface area contributed by atoms with E-state index in [1.807, 2.05) is 47.1 Å². The molecule has 4 aromatic rings. The molecule has 11 nitrogen and oxygen atoms in total. The summed E-state index contributed by atoms with van der Waals surface area (Å²) in [7, 11) is 1.73. The molecule has 5 heterocycles. The summed E-state index contributed by atoms with van der Waals surface area (Å²) in [5.41, 5.74) is 11.2. The summed E-state index contributed by atoms with van der Waals surface area (Å²) in [6.45, 7) is 5.23. The topological polar surface area (TPSA) is 124 Å². The number of nitrogens with zero attached hydrogens (tertiary/aromatic N) is 6. The summed E-state index contributed by atoms with van der Waals surface area (Å²) in [5.74, 6) is 1.53. The van der Waals surface area contributed by atoms with E-state index in [0.717, 1.165) is 78.0 Å². The lowest BCUT2D eigenvalue weighted by Crippen LogP contribution is -2.56. The van der Waals surface area contributed by atoms with Crippen LogP contribution in [0.3, 0.4) is 0 Å². The number of benzene rings is 1. The molecular weight excluding hydrogens is 532 g/mol. The Balaban J connectivity index is 1.07. The number of aliphatic imine (C=N–C) groups is 1. The summed E-state index contributed by atoms with van der Waals surface area (Å²) >= 11 is 0. The van der Waals surface area contributed by atoms with Crippen molar-refractivity contribution in [1.82, 2.24) is 24.3 Å². The minimum Gasteiger partial charge on any atom is -0.492 e. The number of hydrogen-bond acceptors (Lipinski definition) is 10. The van der Waals surface area contributed by atoms with Gasteiger partial charge in [0.15, 0.2) is 0 Å². The first-order valence-electron chi connectivity index (χ1n) is 14.2. The molecule has 0 radical (unpaired) electrons. The van der Waals surface area contributed by atoms with Gasteiger partial charge in [-0.1, -0.05) is 24.3 Å². The largest absolute Gasteiger partial charge is 0.492 e. The van der Waals surface area contributed by atoms with Crippen molar-refractivity contribution in [2.75, 3.05) is 51.9 Å². The fourth-order valence-corrected chi connectivity index (χ4v) is 5.52. The summed E-state index contributed by atoms with van der Waals surface area (Å²) in [6.07, 6.45) is 9.84. The zero-order valence-corrected chi connectivity index (χ0v) is 23.7. The second-order valence-electron chi connectivity index (χ2n) is 10.3. The first-order chi connectivity index (χ1) is 20.7. The molecule has 0 aliphatic carbocycles. The van der Waals surface area contributed by atoms with Gasteiger partial charge in [0.1, 0.15) is 30.1 Å². The van der Waals surface area contributed by atoms with Gasteiger partial charge in [-0.15, -0.1) is 0 Å². The van der Waals surface area contributed by atoms with Crippen LogP contribution in [0.15, 0.2) is 72.4 Å². The van der Waals surface area contributed by atoms with Crippen LogP contribution in [0.5, 0.6) is 5.75 Å². The molecule has 2 fully saturated rings. The Labute approximate surface area is 245 Å². The van der Waals surface area contributed by atoms with E-state index in [1.165, 1.54) is 0 Å². The Bertz CT molecular complexity index is 1550. The van der Waals surface area contributed by atoms with Crippen LogP contribution >= 0.6 is 0 Å². The lowest BCUT2D eigenvalue weighted by Gasteiger charge is -2.43.